The van der Waals surface area contributed by atoms with Gasteiger partial charge in [0, 0.05) is 17.1 Å². The highest BCUT2D eigenvalue weighted by molar-refractivity contribution is 9.10. The van der Waals surface area contributed by atoms with Gasteiger partial charge in [0.25, 0.3) is 5.91 Å². The predicted molar refractivity (Wildman–Crippen MR) is 86.2 cm³/mol. The number of aliphatic carboxylic acids is 1. The molecule has 0 aromatic heterocycles. The van der Waals surface area contributed by atoms with E-state index in [1.807, 2.05) is 6.92 Å². The molecule has 1 amide bonds. The van der Waals surface area contributed by atoms with E-state index in [9.17, 15) is 9.59 Å². The molecule has 1 aromatic rings. The van der Waals surface area contributed by atoms with Crippen LogP contribution in [-0.2, 0) is 9.59 Å². The van der Waals surface area contributed by atoms with E-state index in [4.69, 9.17) is 21.4 Å². The minimum Gasteiger partial charge on any atom is -0.482 e. The number of benzene rings is 1. The number of piperidine rings is 1. The molecular formula is C15H17BrClNO4. The molecule has 2 unspecified atom stereocenters. The first-order chi connectivity index (χ1) is 10.4. The van der Waals surface area contributed by atoms with Crippen molar-refractivity contribution < 1.29 is 19.4 Å². The zero-order chi connectivity index (χ0) is 16.3. The standard InChI is InChI=1S/C15H17BrClNO4/c1-9-2-3-10(15(20)21)7-18(9)14(19)8-22-13-5-4-11(16)6-12(13)17/h4-6,9-10H,2-3,7-8H2,1H3,(H,20,21). The van der Waals surface area contributed by atoms with Crippen molar-refractivity contribution in [2.75, 3.05) is 13.2 Å². The van der Waals surface area contributed by atoms with Crippen molar-refractivity contribution in [3.8, 4) is 5.75 Å². The van der Waals surface area contributed by atoms with E-state index in [-0.39, 0.29) is 25.1 Å². The van der Waals surface area contributed by atoms with Crippen molar-refractivity contribution in [2.45, 2.75) is 25.8 Å². The molecule has 7 heteroatoms. The van der Waals surface area contributed by atoms with Crippen LogP contribution in [0.25, 0.3) is 0 Å². The highest BCUT2D eigenvalue weighted by Crippen LogP contribution is 2.28. The largest absolute Gasteiger partial charge is 0.482 e. The second-order valence-corrected chi connectivity index (χ2v) is 6.69. The number of carbonyl (C=O) groups is 2. The van der Waals surface area contributed by atoms with Crippen LogP contribution in [0.2, 0.25) is 5.02 Å². The molecule has 1 aromatic carbocycles. The third-order valence-electron chi connectivity index (χ3n) is 3.80. The number of carboxylic acids is 1. The molecule has 1 aliphatic rings. The Balaban J connectivity index is 1.97. The first-order valence-electron chi connectivity index (χ1n) is 6.98. The fourth-order valence-corrected chi connectivity index (χ4v) is 3.20. The van der Waals surface area contributed by atoms with Gasteiger partial charge in [-0.2, -0.15) is 0 Å². The molecular weight excluding hydrogens is 374 g/mol. The van der Waals surface area contributed by atoms with Crippen molar-refractivity contribution in [2.24, 2.45) is 5.92 Å². The highest BCUT2D eigenvalue weighted by Gasteiger charge is 2.32. The number of rotatable bonds is 4. The number of halogens is 2. The first kappa shape index (κ1) is 17.1. The first-order valence-corrected chi connectivity index (χ1v) is 8.15. The van der Waals surface area contributed by atoms with Crippen molar-refractivity contribution >= 4 is 39.4 Å². The minimum atomic E-state index is -0.860. The van der Waals surface area contributed by atoms with Gasteiger partial charge in [0.15, 0.2) is 6.61 Å². The number of hydrogen-bond donors (Lipinski definition) is 1. The predicted octanol–water partition coefficient (Wildman–Crippen LogP) is 3.19. The van der Waals surface area contributed by atoms with E-state index < -0.39 is 11.9 Å². The summed E-state index contributed by atoms with van der Waals surface area (Å²) >= 11 is 9.33. The summed E-state index contributed by atoms with van der Waals surface area (Å²) in [5.74, 6) is -1.16. The number of amides is 1. The van der Waals surface area contributed by atoms with Crippen molar-refractivity contribution in [3.63, 3.8) is 0 Å². The number of carboxylic acid groups (broad SMARTS) is 1. The maximum Gasteiger partial charge on any atom is 0.308 e. The summed E-state index contributed by atoms with van der Waals surface area (Å²) in [5.41, 5.74) is 0. The number of ether oxygens (including phenoxy) is 1. The maximum atomic E-state index is 12.3. The molecule has 1 aliphatic heterocycles. The van der Waals surface area contributed by atoms with E-state index in [0.29, 0.717) is 23.6 Å². The molecule has 2 atom stereocenters. The average molecular weight is 391 g/mol. The SMILES string of the molecule is CC1CCC(C(=O)O)CN1C(=O)COc1ccc(Br)cc1Cl. The van der Waals surface area contributed by atoms with Gasteiger partial charge in [0.05, 0.1) is 10.9 Å². The Bertz CT molecular complexity index is 581. The summed E-state index contributed by atoms with van der Waals surface area (Å²) in [4.78, 5) is 25.0. The van der Waals surface area contributed by atoms with Gasteiger partial charge < -0.3 is 14.7 Å². The monoisotopic (exact) mass is 389 g/mol. The fraction of sp³-hybridized carbons (Fsp3) is 0.467. The minimum absolute atomic E-state index is 0.0205. The normalized spacial score (nSPS) is 21.5. The Labute approximate surface area is 142 Å². The zero-order valence-corrected chi connectivity index (χ0v) is 14.4. The molecule has 1 heterocycles. The van der Waals surface area contributed by atoms with Crippen LogP contribution in [0.4, 0.5) is 0 Å². The summed E-state index contributed by atoms with van der Waals surface area (Å²) < 4.78 is 6.28. The number of hydrogen-bond acceptors (Lipinski definition) is 3. The van der Waals surface area contributed by atoms with E-state index in [0.717, 1.165) is 4.47 Å². The lowest BCUT2D eigenvalue weighted by molar-refractivity contribution is -0.147. The Kier molecular flexibility index (Phi) is 5.69. The Morgan fingerprint density at radius 1 is 1.45 bits per heavy atom. The fourth-order valence-electron chi connectivity index (χ4n) is 2.47. The molecule has 1 N–H and O–H groups in total. The van der Waals surface area contributed by atoms with Crippen LogP contribution in [0.5, 0.6) is 5.75 Å². The third kappa shape index (κ3) is 4.14. The summed E-state index contributed by atoms with van der Waals surface area (Å²) in [6, 6.07) is 5.16. The lowest BCUT2D eigenvalue weighted by Crippen LogP contribution is -2.49. The molecule has 1 saturated heterocycles. The van der Waals surface area contributed by atoms with Gasteiger partial charge in [-0.3, -0.25) is 9.59 Å². The summed E-state index contributed by atoms with van der Waals surface area (Å²) in [5, 5.41) is 9.52. The maximum absolute atomic E-state index is 12.3. The van der Waals surface area contributed by atoms with E-state index >= 15 is 0 Å². The Hall–Kier alpha value is -1.27. The van der Waals surface area contributed by atoms with Crippen LogP contribution in [0.3, 0.4) is 0 Å². The molecule has 0 spiro atoms. The molecule has 1 fully saturated rings. The van der Waals surface area contributed by atoms with Crippen LogP contribution in [0.15, 0.2) is 22.7 Å². The Morgan fingerprint density at radius 2 is 2.18 bits per heavy atom. The van der Waals surface area contributed by atoms with Crippen molar-refractivity contribution in [3.05, 3.63) is 27.7 Å². The van der Waals surface area contributed by atoms with Crippen LogP contribution in [0.1, 0.15) is 19.8 Å². The summed E-state index contributed by atoms with van der Waals surface area (Å²) in [7, 11) is 0. The molecule has 0 aliphatic carbocycles. The van der Waals surface area contributed by atoms with Crippen LogP contribution >= 0.6 is 27.5 Å². The number of nitrogens with zero attached hydrogens (tertiary/aromatic N) is 1. The summed E-state index contributed by atoms with van der Waals surface area (Å²) in [6.07, 6.45) is 1.28. The van der Waals surface area contributed by atoms with Crippen molar-refractivity contribution in [1.82, 2.24) is 4.90 Å². The highest BCUT2D eigenvalue weighted by atomic mass is 79.9. The molecule has 0 saturated carbocycles. The van der Waals surface area contributed by atoms with Crippen LogP contribution < -0.4 is 4.74 Å². The number of likely N-dealkylation sites (tertiary alicyclic amines) is 1. The van der Waals surface area contributed by atoms with Gasteiger partial charge >= 0.3 is 5.97 Å². The van der Waals surface area contributed by atoms with Gasteiger partial charge in [-0.05, 0) is 38.0 Å². The quantitative estimate of drug-likeness (QED) is 0.857. The molecule has 0 radical (unpaired) electrons. The lowest BCUT2D eigenvalue weighted by atomic mass is 9.93. The number of carbonyl (C=O) groups excluding carboxylic acids is 1. The van der Waals surface area contributed by atoms with Gasteiger partial charge in [-0.15, -0.1) is 0 Å². The van der Waals surface area contributed by atoms with Crippen LogP contribution in [-0.4, -0.2) is 41.1 Å². The van der Waals surface area contributed by atoms with Gasteiger partial charge in [0.1, 0.15) is 5.75 Å². The van der Waals surface area contributed by atoms with Crippen LogP contribution in [0, 0.1) is 5.92 Å². The molecule has 5 nitrogen and oxygen atoms in total. The smallest absolute Gasteiger partial charge is 0.308 e. The van der Waals surface area contributed by atoms with Gasteiger partial charge in [-0.1, -0.05) is 27.5 Å². The molecule has 22 heavy (non-hydrogen) atoms. The summed E-state index contributed by atoms with van der Waals surface area (Å²) in [6.45, 7) is 1.99. The second kappa shape index (κ2) is 7.33. The second-order valence-electron chi connectivity index (χ2n) is 5.37. The lowest BCUT2D eigenvalue weighted by Gasteiger charge is -2.36. The van der Waals surface area contributed by atoms with Gasteiger partial charge in [-0.25, -0.2) is 0 Å². The molecule has 120 valence electrons. The Morgan fingerprint density at radius 3 is 2.82 bits per heavy atom. The third-order valence-corrected chi connectivity index (χ3v) is 4.59. The average Bonchev–Trinajstić information content (AvgIpc) is 2.46. The van der Waals surface area contributed by atoms with Crippen molar-refractivity contribution in [1.29, 1.82) is 0 Å². The molecule has 2 rings (SSSR count). The van der Waals surface area contributed by atoms with E-state index in [2.05, 4.69) is 15.9 Å². The van der Waals surface area contributed by atoms with E-state index in [1.165, 1.54) is 0 Å². The molecule has 0 bridgehead atoms. The topological polar surface area (TPSA) is 66.8 Å². The van der Waals surface area contributed by atoms with Gasteiger partial charge in [0.2, 0.25) is 0 Å². The zero-order valence-electron chi connectivity index (χ0n) is 12.1. The van der Waals surface area contributed by atoms with E-state index in [1.54, 1.807) is 23.1 Å².